The Kier molecular flexibility index (Phi) is 11.5. The zero-order valence-electron chi connectivity index (χ0n) is 33.9. The first kappa shape index (κ1) is 41.7. The third kappa shape index (κ3) is 8.24. The van der Waals surface area contributed by atoms with Crippen LogP contribution in [0, 0.1) is 0 Å². The first-order valence-corrected chi connectivity index (χ1v) is 25.8. The number of carbonyl (C=O) groups excluding carboxylic acids is 1. The Morgan fingerprint density at radius 2 is 1.55 bits per heavy atom. The monoisotopic (exact) mass is 818 g/mol. The molecule has 0 aromatic heterocycles. The summed E-state index contributed by atoms with van der Waals surface area (Å²) in [5, 5.41) is 4.51. The lowest BCUT2D eigenvalue weighted by Crippen LogP contribution is -2.64. The largest absolute Gasteiger partial charge is 0.362 e. The van der Waals surface area contributed by atoms with Crippen LogP contribution in [-0.2, 0) is 20.2 Å². The highest BCUT2D eigenvalue weighted by Gasteiger charge is 2.40. The summed E-state index contributed by atoms with van der Waals surface area (Å²) in [5.41, 5.74) is 8.48. The number of benzene rings is 3. The Balaban J connectivity index is 1.68. The second kappa shape index (κ2) is 15.5. The minimum atomic E-state index is -4.13. The molecule has 13 heteroatoms. The van der Waals surface area contributed by atoms with Crippen molar-refractivity contribution in [3.8, 4) is 0 Å². The molecule has 6 rings (SSSR count). The van der Waals surface area contributed by atoms with Gasteiger partial charge in [0.05, 0.1) is 17.0 Å². The van der Waals surface area contributed by atoms with E-state index in [2.05, 4.69) is 99.7 Å². The standard InChI is InChI=1S/C43H55N3O7S2Si/c1-9-10-18-44(6)42(47)32-16-12-11-15-31(32)41-35-24-33-29(2)17-21-45(19-13-22-54(48,49)50)37(33)26-39(35)56(7,8)40-27-38-34(25-36(40)41)30(3)28-43(4,5)46(38)20-14-23-55(51,52)53/h11-12,15-17,24-28H,9-10,13-14,18-23H2,1-8H3,(H-,48,49,50,51,52,53)/p+1. The maximum atomic E-state index is 14.3. The van der Waals surface area contributed by atoms with Crippen LogP contribution >= 0.6 is 0 Å². The second-order valence-corrected chi connectivity index (χ2v) is 24.2. The van der Waals surface area contributed by atoms with E-state index in [0.717, 1.165) is 68.1 Å². The van der Waals surface area contributed by atoms with Gasteiger partial charge in [-0.2, -0.15) is 16.8 Å². The van der Waals surface area contributed by atoms with Gasteiger partial charge in [-0.25, -0.2) is 4.58 Å². The summed E-state index contributed by atoms with van der Waals surface area (Å²) in [7, 11) is -8.92. The van der Waals surface area contributed by atoms with Gasteiger partial charge < -0.3 is 9.80 Å². The van der Waals surface area contributed by atoms with Gasteiger partial charge in [-0.05, 0) is 114 Å². The molecule has 3 aliphatic heterocycles. The van der Waals surface area contributed by atoms with Gasteiger partial charge in [0.25, 0.3) is 26.1 Å². The van der Waals surface area contributed by atoms with E-state index in [-0.39, 0.29) is 30.3 Å². The quantitative estimate of drug-likeness (QED) is 0.147. The molecule has 0 unspecified atom stereocenters. The highest BCUT2D eigenvalue weighted by molar-refractivity contribution is 7.86. The van der Waals surface area contributed by atoms with Crippen molar-refractivity contribution in [3.63, 3.8) is 0 Å². The molecule has 0 spiro atoms. The van der Waals surface area contributed by atoms with Gasteiger partial charge in [0.2, 0.25) is 5.36 Å². The van der Waals surface area contributed by atoms with E-state index < -0.39 is 33.8 Å². The fraction of sp³-hybridized carbons (Fsp3) is 0.442. The number of carbonyl (C=O) groups is 1. The lowest BCUT2D eigenvalue weighted by Gasteiger charge is -2.45. The molecule has 2 N–H and O–H groups in total. The van der Waals surface area contributed by atoms with Crippen molar-refractivity contribution < 1.29 is 30.7 Å². The van der Waals surface area contributed by atoms with E-state index in [0.29, 0.717) is 31.7 Å². The van der Waals surface area contributed by atoms with Crippen molar-refractivity contribution >= 4 is 67.0 Å². The van der Waals surface area contributed by atoms with Crippen LogP contribution in [0.25, 0.3) is 16.7 Å². The predicted molar refractivity (Wildman–Crippen MR) is 231 cm³/mol. The van der Waals surface area contributed by atoms with Crippen LogP contribution in [0.2, 0.25) is 13.1 Å². The maximum absolute atomic E-state index is 14.3. The molecule has 3 aromatic carbocycles. The zero-order valence-corrected chi connectivity index (χ0v) is 36.6. The topological polar surface area (TPSA) is 135 Å². The molecule has 0 aliphatic carbocycles. The summed E-state index contributed by atoms with van der Waals surface area (Å²) in [6, 6.07) is 17.0. The van der Waals surface area contributed by atoms with Crippen LogP contribution in [0.15, 0.2) is 60.7 Å². The Hall–Kier alpha value is -3.88. The van der Waals surface area contributed by atoms with E-state index in [1.165, 1.54) is 10.4 Å². The molecule has 10 nitrogen and oxygen atoms in total. The number of unbranched alkanes of at least 4 members (excludes halogenated alkanes) is 1. The maximum Gasteiger partial charge on any atom is 0.265 e. The van der Waals surface area contributed by atoms with Gasteiger partial charge in [-0.15, -0.1) is 0 Å². The van der Waals surface area contributed by atoms with Crippen molar-refractivity contribution in [2.45, 2.75) is 78.9 Å². The van der Waals surface area contributed by atoms with Gasteiger partial charge >= 0.3 is 0 Å². The molecule has 300 valence electrons. The molecule has 0 bridgehead atoms. The van der Waals surface area contributed by atoms with E-state index in [4.69, 9.17) is 0 Å². The van der Waals surface area contributed by atoms with Crippen molar-refractivity contribution in [2.75, 3.05) is 49.6 Å². The number of hydrogen-bond donors (Lipinski definition) is 2. The summed E-state index contributed by atoms with van der Waals surface area (Å²) >= 11 is 0. The van der Waals surface area contributed by atoms with Crippen LogP contribution in [0.5, 0.6) is 0 Å². The first-order chi connectivity index (χ1) is 26.1. The molecule has 3 aromatic rings. The molecule has 3 heterocycles. The van der Waals surface area contributed by atoms with Gasteiger partial charge in [-0.3, -0.25) is 13.9 Å². The normalized spacial score (nSPS) is 17.0. The Morgan fingerprint density at radius 3 is 2.23 bits per heavy atom. The number of allylic oxidation sites excluding steroid dienone is 2. The summed E-state index contributed by atoms with van der Waals surface area (Å²) in [6.07, 6.45) is 6.80. The average Bonchev–Trinajstić information content (AvgIpc) is 3.11. The van der Waals surface area contributed by atoms with Crippen LogP contribution in [-0.4, -0.2) is 95.1 Å². The SMILES string of the molecule is CCCCN(C)C(=O)c1ccccc1C1=c2cc3c(cc2[Si](C)(C)c2cc4c(cc21)C(C)=CC(C)(C)N4CCCS(=O)(=O)O)=[N+](CCCS(=O)(=O)O)CC=C3C. The fourth-order valence-corrected chi connectivity index (χ4v) is 12.8. The number of rotatable bonds is 13. The van der Waals surface area contributed by atoms with Gasteiger partial charge in [0.15, 0.2) is 6.54 Å². The highest BCUT2D eigenvalue weighted by Crippen LogP contribution is 2.41. The fourth-order valence-electron chi connectivity index (χ4n) is 8.83. The minimum Gasteiger partial charge on any atom is -0.362 e. The van der Waals surface area contributed by atoms with Crippen LogP contribution < -0.4 is 30.4 Å². The Labute approximate surface area is 333 Å². The number of nitrogens with zero attached hydrogens (tertiary/aromatic N) is 3. The predicted octanol–water partition coefficient (Wildman–Crippen LogP) is 4.41. The van der Waals surface area contributed by atoms with Crippen LogP contribution in [0.3, 0.4) is 0 Å². The van der Waals surface area contributed by atoms with Crippen molar-refractivity contribution in [1.82, 2.24) is 9.48 Å². The van der Waals surface area contributed by atoms with Gasteiger partial charge in [0.1, 0.15) is 14.6 Å². The molecular weight excluding hydrogens is 763 g/mol. The molecule has 0 fully saturated rings. The number of fused-ring (bicyclic) bond motifs is 4. The van der Waals surface area contributed by atoms with Crippen molar-refractivity contribution in [1.29, 1.82) is 0 Å². The van der Waals surface area contributed by atoms with Crippen molar-refractivity contribution in [3.05, 3.63) is 99.1 Å². The van der Waals surface area contributed by atoms with Crippen molar-refractivity contribution in [2.24, 2.45) is 0 Å². The molecule has 56 heavy (non-hydrogen) atoms. The summed E-state index contributed by atoms with van der Waals surface area (Å²) in [4.78, 5) is 18.4. The van der Waals surface area contributed by atoms with E-state index in [1.807, 2.05) is 30.1 Å². The molecule has 0 saturated heterocycles. The molecule has 1 amide bonds. The van der Waals surface area contributed by atoms with Crippen LogP contribution in [0.4, 0.5) is 5.69 Å². The summed E-state index contributed by atoms with van der Waals surface area (Å²) in [5.74, 6) is -0.678. The molecule has 0 saturated carbocycles. The molecular formula is C43H56N3O7S2Si+. The molecule has 3 aliphatic rings. The second-order valence-electron chi connectivity index (χ2n) is 16.7. The van der Waals surface area contributed by atoms with Crippen LogP contribution in [0.1, 0.15) is 92.9 Å². The minimum absolute atomic E-state index is 0.0356. The van der Waals surface area contributed by atoms with Gasteiger partial charge in [0, 0.05) is 55.0 Å². The lowest BCUT2D eigenvalue weighted by atomic mass is 9.84. The van der Waals surface area contributed by atoms with E-state index >= 15 is 0 Å². The van der Waals surface area contributed by atoms with E-state index in [1.54, 1.807) is 0 Å². The molecule has 0 atom stereocenters. The molecule has 0 radical (unpaired) electrons. The van der Waals surface area contributed by atoms with E-state index in [9.17, 15) is 30.7 Å². The number of amides is 1. The third-order valence-electron chi connectivity index (χ3n) is 11.8. The first-order valence-electron chi connectivity index (χ1n) is 19.5. The lowest BCUT2D eigenvalue weighted by molar-refractivity contribution is 0.0793. The number of anilines is 1. The zero-order chi connectivity index (χ0) is 41.0. The Bertz CT molecular complexity index is 2520. The Morgan fingerprint density at radius 1 is 0.875 bits per heavy atom. The smallest absolute Gasteiger partial charge is 0.265 e. The average molecular weight is 819 g/mol. The van der Waals surface area contributed by atoms with Gasteiger partial charge in [-0.1, -0.05) is 50.7 Å². The summed E-state index contributed by atoms with van der Waals surface area (Å²) in [6.45, 7) is 17.4. The highest BCUT2D eigenvalue weighted by atomic mass is 32.2. The number of hydrogen-bond acceptors (Lipinski definition) is 6. The third-order valence-corrected chi connectivity index (χ3v) is 16.9. The summed E-state index contributed by atoms with van der Waals surface area (Å²) < 4.78 is 68.1.